The highest BCUT2D eigenvalue weighted by atomic mass is 32.2. The van der Waals surface area contributed by atoms with Crippen molar-refractivity contribution in [1.82, 2.24) is 14.8 Å². The average Bonchev–Trinajstić information content (AvgIpc) is 3.35. The van der Waals surface area contributed by atoms with E-state index in [2.05, 4.69) is 10.2 Å². The van der Waals surface area contributed by atoms with Gasteiger partial charge in [-0.05, 0) is 41.3 Å². The second-order valence-corrected chi connectivity index (χ2v) is 7.75. The molecule has 0 aliphatic carbocycles. The first-order chi connectivity index (χ1) is 13.7. The predicted octanol–water partition coefficient (Wildman–Crippen LogP) is 5.57. The largest absolute Gasteiger partial charge is 0.495 e. The van der Waals surface area contributed by atoms with E-state index < -0.39 is 11.6 Å². The third-order valence-corrected chi connectivity index (χ3v) is 5.86. The highest BCUT2D eigenvalue weighted by Gasteiger charge is 2.19. The zero-order chi connectivity index (χ0) is 19.5. The number of hydrogen-bond donors (Lipinski definition) is 0. The Labute approximate surface area is 168 Å². The molecule has 0 atom stereocenters. The summed E-state index contributed by atoms with van der Waals surface area (Å²) in [5.74, 6) is 0.528. The molecule has 142 valence electrons. The van der Waals surface area contributed by atoms with Gasteiger partial charge in [-0.1, -0.05) is 30.0 Å². The highest BCUT2D eigenvalue weighted by Crippen LogP contribution is 2.35. The van der Waals surface area contributed by atoms with Crippen LogP contribution in [-0.4, -0.2) is 21.9 Å². The zero-order valence-corrected chi connectivity index (χ0v) is 16.4. The van der Waals surface area contributed by atoms with Gasteiger partial charge in [0.2, 0.25) is 0 Å². The van der Waals surface area contributed by atoms with E-state index in [1.807, 2.05) is 46.3 Å². The smallest absolute Gasteiger partial charge is 0.196 e. The van der Waals surface area contributed by atoms with Crippen LogP contribution in [-0.2, 0) is 5.75 Å². The normalized spacial score (nSPS) is 11.0. The number of halogens is 2. The molecule has 2 aromatic carbocycles. The second kappa shape index (κ2) is 8.12. The van der Waals surface area contributed by atoms with Crippen LogP contribution in [0.2, 0.25) is 0 Å². The van der Waals surface area contributed by atoms with E-state index in [0.717, 1.165) is 16.6 Å². The summed E-state index contributed by atoms with van der Waals surface area (Å²) in [7, 11) is 1.61. The molecule has 0 radical (unpaired) electrons. The van der Waals surface area contributed by atoms with Crippen LogP contribution < -0.4 is 4.74 Å². The molecule has 0 N–H and O–H groups in total. The van der Waals surface area contributed by atoms with Gasteiger partial charge in [0.05, 0.1) is 17.7 Å². The van der Waals surface area contributed by atoms with E-state index in [-0.39, 0.29) is 0 Å². The lowest BCUT2D eigenvalue weighted by Gasteiger charge is -2.13. The summed E-state index contributed by atoms with van der Waals surface area (Å²) in [5.41, 5.74) is 1.33. The molecule has 0 aliphatic heterocycles. The van der Waals surface area contributed by atoms with Gasteiger partial charge in [0, 0.05) is 11.8 Å². The Morgan fingerprint density at radius 1 is 1.04 bits per heavy atom. The maximum atomic E-state index is 13.5. The summed E-state index contributed by atoms with van der Waals surface area (Å²) in [4.78, 5) is 0.960. The molecular weight excluding hydrogens is 400 g/mol. The van der Waals surface area contributed by atoms with Crippen LogP contribution in [0.15, 0.2) is 65.1 Å². The number of nitrogens with zero attached hydrogens (tertiary/aromatic N) is 3. The summed E-state index contributed by atoms with van der Waals surface area (Å²) in [5, 5.41) is 11.3. The van der Waals surface area contributed by atoms with Crippen molar-refractivity contribution in [3.05, 3.63) is 77.2 Å². The zero-order valence-electron chi connectivity index (χ0n) is 14.8. The van der Waals surface area contributed by atoms with Crippen molar-refractivity contribution in [3.8, 4) is 22.1 Å². The Morgan fingerprint density at radius 3 is 2.54 bits per heavy atom. The van der Waals surface area contributed by atoms with Crippen LogP contribution in [0.4, 0.5) is 8.78 Å². The Kier molecular flexibility index (Phi) is 5.40. The summed E-state index contributed by atoms with van der Waals surface area (Å²) in [6.45, 7) is 0. The van der Waals surface area contributed by atoms with E-state index in [9.17, 15) is 8.78 Å². The van der Waals surface area contributed by atoms with Gasteiger partial charge in [-0.15, -0.1) is 21.5 Å². The lowest BCUT2D eigenvalue weighted by Crippen LogP contribution is -2.02. The fraction of sp³-hybridized carbons (Fsp3) is 0.100. The third kappa shape index (κ3) is 3.79. The first-order valence-corrected chi connectivity index (χ1v) is 10.2. The highest BCUT2D eigenvalue weighted by molar-refractivity contribution is 7.98. The van der Waals surface area contributed by atoms with Gasteiger partial charge in [0.15, 0.2) is 11.0 Å². The van der Waals surface area contributed by atoms with Crippen molar-refractivity contribution in [1.29, 1.82) is 0 Å². The van der Waals surface area contributed by atoms with E-state index in [1.165, 1.54) is 23.9 Å². The van der Waals surface area contributed by atoms with Gasteiger partial charge >= 0.3 is 0 Å². The van der Waals surface area contributed by atoms with Crippen molar-refractivity contribution >= 4 is 23.1 Å². The molecule has 28 heavy (non-hydrogen) atoms. The minimum absolute atomic E-state index is 0.354. The Bertz CT molecular complexity index is 1080. The molecule has 8 heteroatoms. The number of methoxy groups -OCH3 is 1. The van der Waals surface area contributed by atoms with Gasteiger partial charge < -0.3 is 4.74 Å². The van der Waals surface area contributed by atoms with Gasteiger partial charge in [-0.2, -0.15) is 0 Å². The SMILES string of the molecule is COc1ccccc1-n1c(SCc2cc(F)cc(F)c2)nnc1-c1cccs1. The van der Waals surface area contributed by atoms with Gasteiger partial charge in [0.25, 0.3) is 0 Å². The molecule has 2 aromatic heterocycles. The third-order valence-electron chi connectivity index (χ3n) is 3.99. The van der Waals surface area contributed by atoms with Gasteiger partial charge in [-0.3, -0.25) is 4.57 Å². The monoisotopic (exact) mass is 415 g/mol. The molecule has 0 bridgehead atoms. The van der Waals surface area contributed by atoms with E-state index in [0.29, 0.717) is 28.0 Å². The van der Waals surface area contributed by atoms with Crippen molar-refractivity contribution in [2.45, 2.75) is 10.9 Å². The van der Waals surface area contributed by atoms with Crippen LogP contribution >= 0.6 is 23.1 Å². The maximum Gasteiger partial charge on any atom is 0.196 e. The first kappa shape index (κ1) is 18.6. The molecule has 0 saturated heterocycles. The number of benzene rings is 2. The number of hydrogen-bond acceptors (Lipinski definition) is 5. The van der Waals surface area contributed by atoms with Crippen LogP contribution in [0.1, 0.15) is 5.56 Å². The number of rotatable bonds is 6. The molecule has 4 rings (SSSR count). The molecule has 4 aromatic rings. The molecular formula is C20H15F2N3OS2. The minimum atomic E-state index is -0.596. The fourth-order valence-corrected chi connectivity index (χ4v) is 4.38. The number of para-hydroxylation sites is 2. The topological polar surface area (TPSA) is 39.9 Å². The average molecular weight is 415 g/mol. The summed E-state index contributed by atoms with van der Waals surface area (Å²) >= 11 is 2.91. The molecule has 0 unspecified atom stereocenters. The summed E-state index contributed by atoms with van der Waals surface area (Å²) < 4.78 is 34.4. The number of aromatic nitrogens is 3. The van der Waals surface area contributed by atoms with Gasteiger partial charge in [0.1, 0.15) is 17.4 Å². The molecule has 2 heterocycles. The lowest BCUT2D eigenvalue weighted by molar-refractivity contribution is 0.412. The van der Waals surface area contributed by atoms with Crippen molar-refractivity contribution < 1.29 is 13.5 Å². The lowest BCUT2D eigenvalue weighted by atomic mass is 10.2. The Balaban J connectivity index is 1.75. The maximum absolute atomic E-state index is 13.5. The van der Waals surface area contributed by atoms with Crippen LogP contribution in [0.3, 0.4) is 0 Å². The number of ether oxygens (including phenoxy) is 1. The number of thiophene rings is 1. The Morgan fingerprint density at radius 2 is 1.82 bits per heavy atom. The van der Waals surface area contributed by atoms with Crippen LogP contribution in [0, 0.1) is 11.6 Å². The molecule has 0 spiro atoms. The Hall–Kier alpha value is -2.71. The summed E-state index contributed by atoms with van der Waals surface area (Å²) in [6, 6.07) is 15.0. The van der Waals surface area contributed by atoms with Crippen molar-refractivity contribution in [2.75, 3.05) is 7.11 Å². The van der Waals surface area contributed by atoms with Crippen molar-refractivity contribution in [2.24, 2.45) is 0 Å². The van der Waals surface area contributed by atoms with E-state index in [1.54, 1.807) is 18.4 Å². The van der Waals surface area contributed by atoms with Crippen LogP contribution in [0.25, 0.3) is 16.4 Å². The van der Waals surface area contributed by atoms with E-state index >= 15 is 0 Å². The van der Waals surface area contributed by atoms with Gasteiger partial charge in [-0.25, -0.2) is 8.78 Å². The number of thioether (sulfide) groups is 1. The summed E-state index contributed by atoms with van der Waals surface area (Å²) in [6.07, 6.45) is 0. The van der Waals surface area contributed by atoms with E-state index in [4.69, 9.17) is 4.74 Å². The fourth-order valence-electron chi connectivity index (χ4n) is 2.80. The minimum Gasteiger partial charge on any atom is -0.495 e. The first-order valence-electron chi connectivity index (χ1n) is 8.36. The molecule has 0 fully saturated rings. The van der Waals surface area contributed by atoms with Crippen molar-refractivity contribution in [3.63, 3.8) is 0 Å². The molecule has 4 nitrogen and oxygen atoms in total. The second-order valence-electron chi connectivity index (χ2n) is 5.86. The standard InChI is InChI=1S/C20H15F2N3OS2/c1-26-17-6-3-2-5-16(17)25-19(18-7-4-8-27-18)23-24-20(25)28-12-13-9-14(21)11-15(22)10-13/h2-11H,12H2,1H3. The molecule has 0 amide bonds. The predicted molar refractivity (Wildman–Crippen MR) is 107 cm³/mol. The molecule has 0 saturated carbocycles. The molecule has 0 aliphatic rings. The van der Waals surface area contributed by atoms with Crippen LogP contribution in [0.5, 0.6) is 5.75 Å². The quantitative estimate of drug-likeness (QED) is 0.386.